The maximum Gasteiger partial charge on any atom is 0.251 e. The summed E-state index contributed by atoms with van der Waals surface area (Å²) in [6.45, 7) is 4.79. The van der Waals surface area contributed by atoms with Crippen molar-refractivity contribution < 1.29 is 9.59 Å². The highest BCUT2D eigenvalue weighted by atomic mass is 16.2. The molecule has 3 rings (SSSR count). The number of nitrogens with zero attached hydrogens (tertiary/aromatic N) is 4. The van der Waals surface area contributed by atoms with Crippen LogP contribution < -0.4 is 10.6 Å². The number of rotatable bonds is 5. The maximum absolute atomic E-state index is 12.5. The second-order valence-electron chi connectivity index (χ2n) is 6.31. The lowest BCUT2D eigenvalue weighted by molar-refractivity contribution is -0.122. The Bertz CT molecular complexity index is 764. The van der Waals surface area contributed by atoms with Crippen molar-refractivity contribution >= 4 is 22.8 Å². The number of benzene rings is 1. The van der Waals surface area contributed by atoms with E-state index < -0.39 is 0 Å². The third kappa shape index (κ3) is 3.96. The lowest BCUT2D eigenvalue weighted by atomic mass is 10.0. The summed E-state index contributed by atoms with van der Waals surface area (Å²) in [5.74, 6) is -0.0615. The first-order chi connectivity index (χ1) is 12.1. The average molecular weight is 344 g/mol. The number of nitrogens with one attached hydrogen (secondary N) is 2. The second-order valence-corrected chi connectivity index (χ2v) is 6.31. The van der Waals surface area contributed by atoms with Crippen LogP contribution in [0.25, 0.3) is 11.0 Å². The number of aromatic nitrogens is 3. The number of amides is 2. The lowest BCUT2D eigenvalue weighted by Gasteiger charge is -2.31. The molecule has 0 radical (unpaired) electrons. The summed E-state index contributed by atoms with van der Waals surface area (Å²) >= 11 is 0. The van der Waals surface area contributed by atoms with E-state index in [0.717, 1.165) is 43.5 Å². The fourth-order valence-corrected chi connectivity index (χ4v) is 3.13. The molecule has 1 aromatic carbocycles. The molecule has 1 aliphatic rings. The molecule has 2 aromatic rings. The van der Waals surface area contributed by atoms with Crippen LogP contribution in [0.1, 0.15) is 30.1 Å². The summed E-state index contributed by atoms with van der Waals surface area (Å²) in [6.07, 6.45) is 1.69. The van der Waals surface area contributed by atoms with Gasteiger partial charge in [0.2, 0.25) is 5.91 Å². The minimum absolute atomic E-state index is 0.0240. The van der Waals surface area contributed by atoms with E-state index in [1.165, 1.54) is 0 Å². The Balaban J connectivity index is 1.57. The Hall–Kier alpha value is -2.48. The third-order valence-corrected chi connectivity index (χ3v) is 4.64. The van der Waals surface area contributed by atoms with Gasteiger partial charge in [0, 0.05) is 38.3 Å². The molecule has 8 nitrogen and oxygen atoms in total. The summed E-state index contributed by atoms with van der Waals surface area (Å²) in [6, 6.07) is 5.62. The second kappa shape index (κ2) is 7.60. The van der Waals surface area contributed by atoms with Crippen molar-refractivity contribution in [2.24, 2.45) is 0 Å². The van der Waals surface area contributed by atoms with Crippen molar-refractivity contribution in [1.29, 1.82) is 0 Å². The Morgan fingerprint density at radius 2 is 2.04 bits per heavy atom. The van der Waals surface area contributed by atoms with Crippen LogP contribution >= 0.6 is 0 Å². The lowest BCUT2D eigenvalue weighted by Crippen LogP contribution is -2.47. The zero-order valence-corrected chi connectivity index (χ0v) is 14.7. The van der Waals surface area contributed by atoms with Gasteiger partial charge in [-0.05, 0) is 38.0 Å². The number of fused-ring (bicyclic) bond motifs is 1. The van der Waals surface area contributed by atoms with E-state index >= 15 is 0 Å². The number of hydrogen-bond acceptors (Lipinski definition) is 5. The normalized spacial score (nSPS) is 16.1. The topological polar surface area (TPSA) is 92.2 Å². The predicted molar refractivity (Wildman–Crippen MR) is 94.2 cm³/mol. The molecule has 8 heteroatoms. The molecule has 0 spiro atoms. The first kappa shape index (κ1) is 17.3. The smallest absolute Gasteiger partial charge is 0.251 e. The summed E-state index contributed by atoms with van der Waals surface area (Å²) < 4.78 is 1.80. The van der Waals surface area contributed by atoms with Crippen LogP contribution in [0, 0.1) is 0 Å². The quantitative estimate of drug-likeness (QED) is 0.819. The standard InChI is InChI=1S/C17H24N6O2/c1-3-23-15-5-4-12(10-14(15)20-21-23)17(25)19-13-6-8-22(9-7-13)11-16(24)18-2/h4-5,10,13H,3,6-9,11H2,1-2H3,(H,18,24)(H,19,25). The maximum atomic E-state index is 12.5. The van der Waals surface area contributed by atoms with Gasteiger partial charge in [-0.2, -0.15) is 0 Å². The highest BCUT2D eigenvalue weighted by Crippen LogP contribution is 2.15. The van der Waals surface area contributed by atoms with Crippen LogP contribution in [0.15, 0.2) is 18.2 Å². The molecule has 1 fully saturated rings. The number of aryl methyl sites for hydroxylation is 1. The first-order valence-electron chi connectivity index (χ1n) is 8.67. The molecule has 0 aliphatic carbocycles. The zero-order valence-electron chi connectivity index (χ0n) is 14.7. The Morgan fingerprint density at radius 3 is 2.72 bits per heavy atom. The van der Waals surface area contributed by atoms with E-state index in [1.54, 1.807) is 17.8 Å². The molecule has 25 heavy (non-hydrogen) atoms. The van der Waals surface area contributed by atoms with E-state index in [1.807, 2.05) is 19.1 Å². The highest BCUT2D eigenvalue weighted by Gasteiger charge is 2.22. The van der Waals surface area contributed by atoms with Gasteiger partial charge in [-0.1, -0.05) is 5.21 Å². The Labute approximate surface area is 146 Å². The zero-order chi connectivity index (χ0) is 17.8. The predicted octanol–water partition coefficient (Wildman–Crippen LogP) is 0.391. The van der Waals surface area contributed by atoms with Crippen molar-refractivity contribution in [2.45, 2.75) is 32.4 Å². The fraction of sp³-hybridized carbons (Fsp3) is 0.529. The van der Waals surface area contributed by atoms with Crippen molar-refractivity contribution in [3.05, 3.63) is 23.8 Å². The monoisotopic (exact) mass is 344 g/mol. The molecule has 1 aromatic heterocycles. The van der Waals surface area contributed by atoms with Gasteiger partial charge >= 0.3 is 0 Å². The average Bonchev–Trinajstić information content (AvgIpc) is 3.05. The van der Waals surface area contributed by atoms with Crippen LogP contribution in [0.4, 0.5) is 0 Å². The number of carbonyl (C=O) groups is 2. The molecule has 0 unspecified atom stereocenters. The van der Waals surface area contributed by atoms with Gasteiger partial charge in [-0.25, -0.2) is 4.68 Å². The Kier molecular flexibility index (Phi) is 5.28. The van der Waals surface area contributed by atoms with Gasteiger partial charge in [0.05, 0.1) is 12.1 Å². The minimum Gasteiger partial charge on any atom is -0.358 e. The molecule has 0 atom stereocenters. The highest BCUT2D eigenvalue weighted by molar-refractivity contribution is 5.97. The van der Waals surface area contributed by atoms with Gasteiger partial charge < -0.3 is 10.6 Å². The molecule has 1 saturated heterocycles. The van der Waals surface area contributed by atoms with Gasteiger partial charge in [-0.3, -0.25) is 14.5 Å². The molecule has 1 aliphatic heterocycles. The largest absolute Gasteiger partial charge is 0.358 e. The molecule has 2 heterocycles. The van der Waals surface area contributed by atoms with Crippen LogP contribution in [0.5, 0.6) is 0 Å². The van der Waals surface area contributed by atoms with Crippen LogP contribution in [0.3, 0.4) is 0 Å². The molecule has 0 bridgehead atoms. The number of carbonyl (C=O) groups excluding carboxylic acids is 2. The number of hydrogen-bond donors (Lipinski definition) is 2. The van der Waals surface area contributed by atoms with Crippen molar-refractivity contribution in [2.75, 3.05) is 26.7 Å². The van der Waals surface area contributed by atoms with E-state index in [2.05, 4.69) is 25.8 Å². The molecule has 134 valence electrons. The summed E-state index contributed by atoms with van der Waals surface area (Å²) in [4.78, 5) is 26.0. The van der Waals surface area contributed by atoms with Crippen molar-refractivity contribution in [3.63, 3.8) is 0 Å². The van der Waals surface area contributed by atoms with Crippen LogP contribution in [0.2, 0.25) is 0 Å². The summed E-state index contributed by atoms with van der Waals surface area (Å²) in [7, 11) is 1.64. The van der Waals surface area contributed by atoms with E-state index in [9.17, 15) is 9.59 Å². The minimum atomic E-state index is -0.0855. The van der Waals surface area contributed by atoms with Crippen molar-refractivity contribution in [1.82, 2.24) is 30.5 Å². The van der Waals surface area contributed by atoms with Gasteiger partial charge in [0.15, 0.2) is 0 Å². The fourth-order valence-electron chi connectivity index (χ4n) is 3.13. The number of likely N-dealkylation sites (N-methyl/N-ethyl adjacent to an activating group) is 1. The molecule has 0 saturated carbocycles. The summed E-state index contributed by atoms with van der Waals surface area (Å²) in [5, 5.41) is 13.9. The number of piperidine rings is 1. The SMILES string of the molecule is CCn1nnc2cc(C(=O)NC3CCN(CC(=O)NC)CC3)ccc21. The number of likely N-dealkylation sites (tertiary alicyclic amines) is 1. The molecular formula is C17H24N6O2. The van der Waals surface area contributed by atoms with Crippen LogP contribution in [-0.2, 0) is 11.3 Å². The van der Waals surface area contributed by atoms with E-state index in [0.29, 0.717) is 12.1 Å². The van der Waals surface area contributed by atoms with Gasteiger partial charge in [-0.15, -0.1) is 5.10 Å². The first-order valence-corrected chi connectivity index (χ1v) is 8.67. The van der Waals surface area contributed by atoms with Crippen molar-refractivity contribution in [3.8, 4) is 0 Å². The Morgan fingerprint density at radius 1 is 1.28 bits per heavy atom. The summed E-state index contributed by atoms with van der Waals surface area (Å²) in [5.41, 5.74) is 2.26. The van der Waals surface area contributed by atoms with Gasteiger partial charge in [0.25, 0.3) is 5.91 Å². The molecule has 2 amide bonds. The third-order valence-electron chi connectivity index (χ3n) is 4.64. The van der Waals surface area contributed by atoms with E-state index in [4.69, 9.17) is 0 Å². The molecular weight excluding hydrogens is 320 g/mol. The van der Waals surface area contributed by atoms with Crippen LogP contribution in [-0.4, -0.2) is 64.4 Å². The van der Waals surface area contributed by atoms with E-state index in [-0.39, 0.29) is 17.9 Å². The van der Waals surface area contributed by atoms with Gasteiger partial charge in [0.1, 0.15) is 5.52 Å². The molecule has 2 N–H and O–H groups in total.